The molecule has 2 heterocycles. The van der Waals surface area contributed by atoms with Crippen LogP contribution in [0, 0.1) is 26.7 Å². The highest BCUT2D eigenvalue weighted by molar-refractivity contribution is 6.30. The van der Waals surface area contributed by atoms with Gasteiger partial charge >= 0.3 is 11.6 Å². The molecule has 9 nitrogen and oxygen atoms in total. The first-order valence-electron chi connectivity index (χ1n) is 12.9. The topological polar surface area (TPSA) is 139 Å². The van der Waals surface area contributed by atoms with Gasteiger partial charge in [-0.2, -0.15) is 0 Å². The molecule has 0 bridgehead atoms. The molecule has 0 spiro atoms. The first-order chi connectivity index (χ1) is 18.8. The molecular weight excluding hydrogens is 536 g/mol. The van der Waals surface area contributed by atoms with Crippen LogP contribution in [0.15, 0.2) is 50.0 Å². The number of amides is 2. The average molecular weight is 567 g/mol. The van der Waals surface area contributed by atoms with E-state index in [0.29, 0.717) is 32.7 Å². The van der Waals surface area contributed by atoms with Crippen molar-refractivity contribution in [1.82, 2.24) is 10.6 Å². The van der Waals surface area contributed by atoms with Gasteiger partial charge in [-0.25, -0.2) is 9.59 Å². The third-order valence-corrected chi connectivity index (χ3v) is 7.41. The number of halogens is 1. The lowest BCUT2D eigenvalue weighted by Crippen LogP contribution is -2.54. The summed E-state index contributed by atoms with van der Waals surface area (Å²) < 4.78 is 11.3. The first-order valence-corrected chi connectivity index (χ1v) is 13.3. The van der Waals surface area contributed by atoms with Crippen molar-refractivity contribution < 1.29 is 28.3 Å². The van der Waals surface area contributed by atoms with Crippen LogP contribution in [0.3, 0.4) is 0 Å². The molecular formula is C30H31ClN2O7. The number of carbonyl (C=O) groups is 3. The van der Waals surface area contributed by atoms with Gasteiger partial charge in [0.05, 0.1) is 12.0 Å². The second-order valence-corrected chi connectivity index (χ2v) is 10.8. The number of carboxylic acids is 1. The number of carboxylic acid groups (broad SMARTS) is 1. The summed E-state index contributed by atoms with van der Waals surface area (Å²) in [6, 6.07) is 8.06. The largest absolute Gasteiger partial charge is 0.480 e. The molecule has 2 aromatic heterocycles. The Morgan fingerprint density at radius 1 is 0.925 bits per heavy atom. The van der Waals surface area contributed by atoms with Crippen LogP contribution in [-0.4, -0.2) is 35.0 Å². The summed E-state index contributed by atoms with van der Waals surface area (Å²) in [7, 11) is 0. The van der Waals surface area contributed by atoms with Crippen molar-refractivity contribution in [2.75, 3.05) is 0 Å². The molecule has 3 N–H and O–H groups in total. The van der Waals surface area contributed by atoms with Gasteiger partial charge in [0.15, 0.2) is 0 Å². The maximum atomic E-state index is 13.2. The maximum absolute atomic E-state index is 13.2. The number of rotatable bonds is 9. The van der Waals surface area contributed by atoms with Crippen LogP contribution in [0.2, 0.25) is 5.02 Å². The van der Waals surface area contributed by atoms with E-state index >= 15 is 0 Å². The van der Waals surface area contributed by atoms with Crippen LogP contribution in [0.5, 0.6) is 0 Å². The summed E-state index contributed by atoms with van der Waals surface area (Å²) in [5.74, 6) is -2.04. The summed E-state index contributed by atoms with van der Waals surface area (Å²) >= 11 is 5.98. The van der Waals surface area contributed by atoms with E-state index in [-0.39, 0.29) is 24.3 Å². The minimum atomic E-state index is -1.18. The minimum absolute atomic E-state index is 0.0849. The zero-order valence-electron chi connectivity index (χ0n) is 22.9. The number of hydrogen-bond donors (Lipinski definition) is 3. The number of furan rings is 1. The lowest BCUT2D eigenvalue weighted by atomic mass is 10.00. The minimum Gasteiger partial charge on any atom is -0.480 e. The Balaban J connectivity index is 1.62. The van der Waals surface area contributed by atoms with Crippen LogP contribution >= 0.6 is 11.6 Å². The SMILES string of the molecule is Cc1oc2cc3oc(=O)c(CC(=O)N[C@@H](Cc4ccc(Cl)cc4)C(=O)N[C@H](C(=O)O)C(C)C)c(C)c3cc2c1C. The van der Waals surface area contributed by atoms with Crippen molar-refractivity contribution in [3.05, 3.63) is 79.9 Å². The van der Waals surface area contributed by atoms with E-state index in [4.69, 9.17) is 20.4 Å². The molecule has 0 fully saturated rings. The van der Waals surface area contributed by atoms with Gasteiger partial charge in [0.2, 0.25) is 11.8 Å². The summed E-state index contributed by atoms with van der Waals surface area (Å²) in [6.45, 7) is 8.89. The summed E-state index contributed by atoms with van der Waals surface area (Å²) in [4.78, 5) is 51.0. The van der Waals surface area contributed by atoms with Crippen LogP contribution in [0.25, 0.3) is 21.9 Å². The second-order valence-electron chi connectivity index (χ2n) is 10.3. The predicted octanol–water partition coefficient (Wildman–Crippen LogP) is 4.61. The standard InChI is InChI=1S/C30H31ClN2O7/c1-14(2)27(29(36)37)33-28(35)23(10-18-6-8-19(31)9-7-18)32-26(34)12-22-16(4)21-11-20-15(3)17(5)39-24(20)13-25(21)40-30(22)38/h6-9,11,13-14,23,27H,10,12H2,1-5H3,(H,32,34)(H,33,35)(H,36,37)/t23-,27-/m0/s1. The van der Waals surface area contributed by atoms with Crippen molar-refractivity contribution in [3.8, 4) is 0 Å². The van der Waals surface area contributed by atoms with Crippen LogP contribution in [-0.2, 0) is 27.2 Å². The van der Waals surface area contributed by atoms with E-state index in [9.17, 15) is 24.3 Å². The zero-order valence-corrected chi connectivity index (χ0v) is 23.6. The quantitative estimate of drug-likeness (QED) is 0.251. The molecule has 2 aromatic carbocycles. The Kier molecular flexibility index (Phi) is 8.34. The van der Waals surface area contributed by atoms with Gasteiger partial charge in [0, 0.05) is 28.3 Å². The molecule has 2 atom stereocenters. The predicted molar refractivity (Wildman–Crippen MR) is 152 cm³/mol. The number of carbonyl (C=O) groups excluding carboxylic acids is 2. The molecule has 4 aromatic rings. The average Bonchev–Trinajstić information content (AvgIpc) is 3.16. The fraction of sp³-hybridized carbons (Fsp3) is 0.333. The third-order valence-electron chi connectivity index (χ3n) is 7.16. The molecule has 0 aliphatic rings. The highest BCUT2D eigenvalue weighted by Gasteiger charge is 2.29. The van der Waals surface area contributed by atoms with E-state index in [1.54, 1.807) is 51.1 Å². The van der Waals surface area contributed by atoms with Gasteiger partial charge in [0.25, 0.3) is 0 Å². The lowest BCUT2D eigenvalue weighted by molar-refractivity contribution is -0.143. The van der Waals surface area contributed by atoms with Crippen molar-refractivity contribution in [2.45, 2.75) is 59.5 Å². The number of aryl methyl sites for hydroxylation is 3. The van der Waals surface area contributed by atoms with Gasteiger partial charge in [0.1, 0.15) is 29.0 Å². The summed E-state index contributed by atoms with van der Waals surface area (Å²) in [6.07, 6.45) is -0.246. The third kappa shape index (κ3) is 6.04. The van der Waals surface area contributed by atoms with E-state index < -0.39 is 35.5 Å². The number of aliphatic carboxylic acids is 1. The molecule has 0 unspecified atom stereocenters. The van der Waals surface area contributed by atoms with E-state index in [0.717, 1.165) is 16.7 Å². The van der Waals surface area contributed by atoms with Crippen molar-refractivity contribution in [2.24, 2.45) is 5.92 Å². The monoisotopic (exact) mass is 566 g/mol. The second kappa shape index (κ2) is 11.6. The highest BCUT2D eigenvalue weighted by atomic mass is 35.5. The number of hydrogen-bond acceptors (Lipinski definition) is 6. The van der Waals surface area contributed by atoms with E-state index in [1.165, 1.54) is 0 Å². The van der Waals surface area contributed by atoms with Crippen LogP contribution in [0.1, 0.15) is 41.9 Å². The van der Waals surface area contributed by atoms with E-state index in [1.807, 2.05) is 19.9 Å². The molecule has 4 rings (SSSR count). The first kappa shape index (κ1) is 28.9. The smallest absolute Gasteiger partial charge is 0.340 e. The van der Waals surface area contributed by atoms with Crippen molar-refractivity contribution in [1.29, 1.82) is 0 Å². The van der Waals surface area contributed by atoms with Gasteiger partial charge in [-0.1, -0.05) is 37.6 Å². The summed E-state index contributed by atoms with van der Waals surface area (Å²) in [5, 5.41) is 16.8. The molecule has 0 aliphatic heterocycles. The van der Waals surface area contributed by atoms with Gasteiger partial charge < -0.3 is 24.6 Å². The maximum Gasteiger partial charge on any atom is 0.340 e. The van der Waals surface area contributed by atoms with Gasteiger partial charge in [-0.05, 0) is 61.6 Å². The molecule has 10 heteroatoms. The van der Waals surface area contributed by atoms with E-state index in [2.05, 4.69) is 10.6 Å². The Morgan fingerprint density at radius 2 is 1.55 bits per heavy atom. The van der Waals surface area contributed by atoms with Gasteiger partial charge in [-0.15, -0.1) is 0 Å². The molecule has 0 radical (unpaired) electrons. The normalized spacial score (nSPS) is 13.0. The Morgan fingerprint density at radius 3 is 2.17 bits per heavy atom. The molecule has 0 saturated carbocycles. The van der Waals surface area contributed by atoms with Crippen molar-refractivity contribution >= 4 is 51.3 Å². The summed E-state index contributed by atoms with van der Waals surface area (Å²) in [5.41, 5.74) is 2.72. The van der Waals surface area contributed by atoms with Crippen LogP contribution in [0.4, 0.5) is 0 Å². The molecule has 0 aliphatic carbocycles. The van der Waals surface area contributed by atoms with Crippen LogP contribution < -0.4 is 16.3 Å². The molecule has 210 valence electrons. The number of nitrogens with one attached hydrogen (secondary N) is 2. The van der Waals surface area contributed by atoms with Crippen molar-refractivity contribution in [3.63, 3.8) is 0 Å². The number of fused-ring (bicyclic) bond motifs is 2. The Labute approximate surface area is 235 Å². The number of benzene rings is 2. The fourth-order valence-corrected chi connectivity index (χ4v) is 4.79. The lowest BCUT2D eigenvalue weighted by Gasteiger charge is -2.23. The van der Waals surface area contributed by atoms with Gasteiger partial charge in [-0.3, -0.25) is 9.59 Å². The fourth-order valence-electron chi connectivity index (χ4n) is 4.67. The molecule has 0 saturated heterocycles. The molecule has 40 heavy (non-hydrogen) atoms. The Bertz CT molecular complexity index is 1670. The zero-order chi connectivity index (χ0) is 29.3. The highest BCUT2D eigenvalue weighted by Crippen LogP contribution is 2.31. The Hall–Kier alpha value is -4.11. The molecule has 2 amide bonds.